The first-order valence-electron chi connectivity index (χ1n) is 5.86. The number of fused-ring (bicyclic) bond motifs is 1. The number of nitrogens with zero attached hydrogens (tertiary/aromatic N) is 5. The van der Waals surface area contributed by atoms with Crippen molar-refractivity contribution in [1.29, 1.82) is 0 Å². The summed E-state index contributed by atoms with van der Waals surface area (Å²) in [7, 11) is 0. The Balaban J connectivity index is 2.15. The van der Waals surface area contributed by atoms with Crippen LogP contribution in [0.3, 0.4) is 0 Å². The van der Waals surface area contributed by atoms with Gasteiger partial charge >= 0.3 is 0 Å². The maximum absolute atomic E-state index is 12.4. The van der Waals surface area contributed by atoms with Crippen molar-refractivity contribution in [3.63, 3.8) is 0 Å². The Morgan fingerprint density at radius 2 is 2.26 bits per heavy atom. The fourth-order valence-corrected chi connectivity index (χ4v) is 1.93. The van der Waals surface area contributed by atoms with Crippen LogP contribution in [0.15, 0.2) is 29.6 Å². The summed E-state index contributed by atoms with van der Waals surface area (Å²) < 4.78 is 1.51. The van der Waals surface area contributed by atoms with Crippen LogP contribution >= 0.6 is 0 Å². The number of aryl methyl sites for hydroxylation is 1. The third-order valence-electron chi connectivity index (χ3n) is 2.99. The molecule has 0 spiro atoms. The number of rotatable bonds is 2. The van der Waals surface area contributed by atoms with Crippen LogP contribution in [-0.4, -0.2) is 29.7 Å². The van der Waals surface area contributed by atoms with Gasteiger partial charge in [-0.1, -0.05) is 0 Å². The molecular weight excluding hydrogens is 244 g/mol. The molecule has 0 amide bonds. The average molecular weight is 256 g/mol. The minimum absolute atomic E-state index is 0.145. The van der Waals surface area contributed by atoms with Gasteiger partial charge in [0.25, 0.3) is 5.56 Å². The molecule has 0 bridgehead atoms. The van der Waals surface area contributed by atoms with Crippen LogP contribution in [0.4, 0.5) is 0 Å². The molecule has 3 heterocycles. The summed E-state index contributed by atoms with van der Waals surface area (Å²) in [6.45, 7) is 3.67. The van der Waals surface area contributed by atoms with Crippen molar-refractivity contribution >= 4 is 10.9 Å². The molecule has 0 saturated heterocycles. The highest BCUT2D eigenvalue weighted by Gasteiger charge is 2.15. The zero-order valence-corrected chi connectivity index (χ0v) is 10.5. The van der Waals surface area contributed by atoms with Crippen LogP contribution in [0.2, 0.25) is 0 Å². The highest BCUT2D eigenvalue weighted by molar-refractivity contribution is 5.75. The number of hydrogen-bond donors (Lipinski definition) is 1. The predicted octanol–water partition coefficient (Wildman–Crippen LogP) is 0.827. The standard InChI is InChI=1S/C12H12N6O/c1-7(11-15-8(2)16-17-11)18-6-14-10-3-4-13-5-9(10)12(18)19/h3-7H,1-2H3,(H,15,16,17)/t7-/m0/s1. The van der Waals surface area contributed by atoms with Gasteiger partial charge in [0.1, 0.15) is 5.82 Å². The number of aromatic nitrogens is 6. The Morgan fingerprint density at radius 3 is 3.00 bits per heavy atom. The minimum atomic E-state index is -0.283. The van der Waals surface area contributed by atoms with Crippen LogP contribution in [0.5, 0.6) is 0 Å². The molecule has 3 aromatic heterocycles. The Bertz CT molecular complexity index is 790. The van der Waals surface area contributed by atoms with E-state index in [-0.39, 0.29) is 11.6 Å². The molecule has 3 aromatic rings. The molecule has 1 N–H and O–H groups in total. The summed E-state index contributed by atoms with van der Waals surface area (Å²) in [5, 5.41) is 7.33. The van der Waals surface area contributed by atoms with E-state index in [4.69, 9.17) is 0 Å². The molecule has 19 heavy (non-hydrogen) atoms. The predicted molar refractivity (Wildman–Crippen MR) is 68.7 cm³/mol. The van der Waals surface area contributed by atoms with Crippen molar-refractivity contribution < 1.29 is 0 Å². The summed E-state index contributed by atoms with van der Waals surface area (Å²) in [5.41, 5.74) is 0.489. The molecule has 0 aliphatic rings. The number of nitrogens with one attached hydrogen (secondary N) is 1. The summed E-state index contributed by atoms with van der Waals surface area (Å²) in [6.07, 6.45) is 4.65. The zero-order chi connectivity index (χ0) is 13.4. The van der Waals surface area contributed by atoms with Gasteiger partial charge in [-0.15, -0.1) is 0 Å². The molecule has 0 saturated carbocycles. The number of pyridine rings is 1. The minimum Gasteiger partial charge on any atom is -0.288 e. The van der Waals surface area contributed by atoms with E-state index in [0.717, 1.165) is 0 Å². The first-order chi connectivity index (χ1) is 9.16. The normalized spacial score (nSPS) is 12.7. The van der Waals surface area contributed by atoms with Crippen molar-refractivity contribution in [2.75, 3.05) is 0 Å². The molecule has 1 atom stereocenters. The molecule has 0 aromatic carbocycles. The first kappa shape index (κ1) is 11.5. The van der Waals surface area contributed by atoms with Gasteiger partial charge in [0.05, 0.1) is 23.3 Å². The monoisotopic (exact) mass is 256 g/mol. The maximum atomic E-state index is 12.4. The van der Waals surface area contributed by atoms with Gasteiger partial charge < -0.3 is 0 Å². The number of aromatic amines is 1. The summed E-state index contributed by atoms with van der Waals surface area (Å²) in [5.74, 6) is 1.27. The van der Waals surface area contributed by atoms with E-state index >= 15 is 0 Å². The summed E-state index contributed by atoms with van der Waals surface area (Å²) in [4.78, 5) is 24.8. The largest absolute Gasteiger partial charge is 0.288 e. The first-order valence-corrected chi connectivity index (χ1v) is 5.86. The Kier molecular flexibility index (Phi) is 2.59. The third-order valence-corrected chi connectivity index (χ3v) is 2.99. The van der Waals surface area contributed by atoms with E-state index in [0.29, 0.717) is 22.6 Å². The zero-order valence-electron chi connectivity index (χ0n) is 10.5. The molecule has 3 rings (SSSR count). The lowest BCUT2D eigenvalue weighted by molar-refractivity contribution is 0.576. The molecule has 0 radical (unpaired) electrons. The fourth-order valence-electron chi connectivity index (χ4n) is 1.93. The van der Waals surface area contributed by atoms with Crippen LogP contribution in [0.1, 0.15) is 24.6 Å². The highest BCUT2D eigenvalue weighted by atomic mass is 16.1. The van der Waals surface area contributed by atoms with Crippen LogP contribution in [0.25, 0.3) is 10.9 Å². The smallest absolute Gasteiger partial charge is 0.263 e. The van der Waals surface area contributed by atoms with Crippen molar-refractivity contribution in [3.8, 4) is 0 Å². The van der Waals surface area contributed by atoms with Gasteiger partial charge in [-0.3, -0.25) is 19.4 Å². The second-order valence-corrected chi connectivity index (χ2v) is 4.30. The quantitative estimate of drug-likeness (QED) is 0.733. The van der Waals surface area contributed by atoms with E-state index in [1.807, 2.05) is 13.8 Å². The van der Waals surface area contributed by atoms with Crippen molar-refractivity contribution in [2.24, 2.45) is 0 Å². The Hall–Kier alpha value is -2.57. The molecule has 7 heteroatoms. The van der Waals surface area contributed by atoms with Gasteiger partial charge in [-0.2, -0.15) is 5.10 Å². The van der Waals surface area contributed by atoms with E-state index in [2.05, 4.69) is 25.1 Å². The highest BCUT2D eigenvalue weighted by Crippen LogP contribution is 2.12. The van der Waals surface area contributed by atoms with Gasteiger partial charge in [-0.25, -0.2) is 9.97 Å². The van der Waals surface area contributed by atoms with E-state index in [1.54, 1.807) is 12.3 Å². The molecule has 0 aliphatic heterocycles. The molecule has 96 valence electrons. The van der Waals surface area contributed by atoms with Gasteiger partial charge in [0, 0.05) is 12.4 Å². The van der Waals surface area contributed by atoms with Gasteiger partial charge in [-0.05, 0) is 19.9 Å². The summed E-state index contributed by atoms with van der Waals surface area (Å²) >= 11 is 0. The molecule has 0 unspecified atom stereocenters. The van der Waals surface area contributed by atoms with Crippen molar-refractivity contribution in [3.05, 3.63) is 46.8 Å². The van der Waals surface area contributed by atoms with E-state index < -0.39 is 0 Å². The third kappa shape index (κ3) is 1.88. The lowest BCUT2D eigenvalue weighted by Crippen LogP contribution is -2.25. The van der Waals surface area contributed by atoms with Gasteiger partial charge in [0.2, 0.25) is 0 Å². The molecule has 7 nitrogen and oxygen atoms in total. The maximum Gasteiger partial charge on any atom is 0.263 e. The van der Waals surface area contributed by atoms with Gasteiger partial charge in [0.15, 0.2) is 5.82 Å². The summed E-state index contributed by atoms with van der Waals surface area (Å²) in [6, 6.07) is 1.43. The van der Waals surface area contributed by atoms with E-state index in [1.165, 1.54) is 17.1 Å². The molecule has 0 fully saturated rings. The molecule has 0 aliphatic carbocycles. The lowest BCUT2D eigenvalue weighted by Gasteiger charge is -2.11. The van der Waals surface area contributed by atoms with Crippen molar-refractivity contribution in [1.82, 2.24) is 29.7 Å². The molecular formula is C12H12N6O. The Morgan fingerprint density at radius 1 is 1.42 bits per heavy atom. The average Bonchev–Trinajstić information content (AvgIpc) is 2.85. The lowest BCUT2D eigenvalue weighted by atomic mass is 10.2. The SMILES string of the molecule is Cc1nc([C@H](C)n2cnc3ccncc3c2=O)n[nH]1. The number of hydrogen-bond acceptors (Lipinski definition) is 5. The van der Waals surface area contributed by atoms with Crippen LogP contribution in [-0.2, 0) is 0 Å². The van der Waals surface area contributed by atoms with Crippen LogP contribution in [0, 0.1) is 6.92 Å². The second-order valence-electron chi connectivity index (χ2n) is 4.30. The second kappa shape index (κ2) is 4.27. The topological polar surface area (TPSA) is 89.3 Å². The fraction of sp³-hybridized carbons (Fsp3) is 0.250. The Labute approximate surface area is 108 Å². The van der Waals surface area contributed by atoms with Crippen LogP contribution < -0.4 is 5.56 Å². The van der Waals surface area contributed by atoms with E-state index in [9.17, 15) is 4.79 Å². The number of H-pyrrole nitrogens is 1. The van der Waals surface area contributed by atoms with Crippen molar-refractivity contribution in [2.45, 2.75) is 19.9 Å².